The van der Waals surface area contributed by atoms with E-state index in [0.717, 1.165) is 43.8 Å². The Morgan fingerprint density at radius 3 is 2.36 bits per heavy atom. The minimum Gasteiger partial charge on any atom is -0.353 e. The first-order valence-corrected chi connectivity index (χ1v) is 9.15. The molecule has 1 saturated heterocycles. The Balaban J connectivity index is 1.64. The van der Waals surface area contributed by atoms with Crippen LogP contribution >= 0.6 is 0 Å². The van der Waals surface area contributed by atoms with Crippen LogP contribution in [0.1, 0.15) is 38.3 Å². The van der Waals surface area contributed by atoms with Gasteiger partial charge in [-0.05, 0) is 19.8 Å². The van der Waals surface area contributed by atoms with E-state index < -0.39 is 0 Å². The third-order valence-corrected chi connectivity index (χ3v) is 4.85. The fraction of sp³-hybridized carbons (Fsp3) is 0.765. The van der Waals surface area contributed by atoms with Crippen LogP contribution in [0.4, 0.5) is 0 Å². The number of amides is 1. The summed E-state index contributed by atoms with van der Waals surface area (Å²) in [5.74, 6) is 2.98. The number of hydrogen-bond acceptors (Lipinski definition) is 4. The molecule has 0 unspecified atom stereocenters. The number of nitrogens with one attached hydrogen (secondary N) is 1. The lowest BCUT2D eigenvalue weighted by molar-refractivity contribution is -0.135. The summed E-state index contributed by atoms with van der Waals surface area (Å²) in [6.45, 7) is 9.50. The Hall–Kier alpha value is -2.12. The zero-order valence-electron chi connectivity index (χ0n) is 15.7. The van der Waals surface area contributed by atoms with Gasteiger partial charge in [0.1, 0.15) is 12.4 Å². The highest BCUT2D eigenvalue weighted by Gasteiger charge is 2.28. The van der Waals surface area contributed by atoms with Crippen LogP contribution in [-0.2, 0) is 18.4 Å². The molecule has 1 aliphatic heterocycles. The van der Waals surface area contributed by atoms with Gasteiger partial charge in [0, 0.05) is 45.2 Å². The topological polar surface area (TPSA) is 78.7 Å². The lowest BCUT2D eigenvalue weighted by Gasteiger charge is -2.37. The Morgan fingerprint density at radius 1 is 1.20 bits per heavy atom. The second kappa shape index (κ2) is 7.41. The fourth-order valence-electron chi connectivity index (χ4n) is 2.89. The van der Waals surface area contributed by atoms with E-state index >= 15 is 0 Å². The average Bonchev–Trinajstić information content (AvgIpc) is 3.37. The van der Waals surface area contributed by atoms with Crippen molar-refractivity contribution < 1.29 is 4.79 Å². The van der Waals surface area contributed by atoms with Gasteiger partial charge in [0.25, 0.3) is 0 Å². The molecule has 1 amide bonds. The minimum atomic E-state index is 0.0587. The van der Waals surface area contributed by atoms with E-state index in [1.807, 2.05) is 37.3 Å². The second-order valence-electron chi connectivity index (χ2n) is 7.25. The molecule has 8 heteroatoms. The third kappa shape index (κ3) is 4.29. The molecular formula is C17H29N7O. The summed E-state index contributed by atoms with van der Waals surface area (Å²) < 4.78 is 1.97. The van der Waals surface area contributed by atoms with Gasteiger partial charge in [0.2, 0.25) is 5.91 Å². The number of aryl methyl sites for hydroxylation is 1. The number of aromatic nitrogens is 3. The average molecular weight is 347 g/mol. The predicted molar refractivity (Wildman–Crippen MR) is 96.0 cm³/mol. The molecule has 25 heavy (non-hydrogen) atoms. The molecule has 2 fully saturated rings. The molecule has 0 aromatic carbocycles. The summed E-state index contributed by atoms with van der Waals surface area (Å²) in [6, 6.07) is 0.537. The van der Waals surface area contributed by atoms with Gasteiger partial charge in [-0.2, -0.15) is 0 Å². The van der Waals surface area contributed by atoms with Crippen molar-refractivity contribution in [1.82, 2.24) is 29.9 Å². The zero-order chi connectivity index (χ0) is 18.0. The van der Waals surface area contributed by atoms with Crippen molar-refractivity contribution in [3.8, 4) is 0 Å². The normalized spacial score (nSPS) is 18.8. The molecule has 2 aliphatic rings. The van der Waals surface area contributed by atoms with Crippen molar-refractivity contribution >= 4 is 11.9 Å². The van der Waals surface area contributed by atoms with Crippen molar-refractivity contribution in [1.29, 1.82) is 0 Å². The maximum absolute atomic E-state index is 12.2. The van der Waals surface area contributed by atoms with E-state index in [1.165, 1.54) is 12.8 Å². The van der Waals surface area contributed by atoms with Crippen LogP contribution in [0.5, 0.6) is 0 Å². The quantitative estimate of drug-likeness (QED) is 0.635. The summed E-state index contributed by atoms with van der Waals surface area (Å²) >= 11 is 0. The summed E-state index contributed by atoms with van der Waals surface area (Å²) in [7, 11) is 1.96. The van der Waals surface area contributed by atoms with Gasteiger partial charge in [-0.1, -0.05) is 13.8 Å². The van der Waals surface area contributed by atoms with Crippen LogP contribution in [0.15, 0.2) is 4.99 Å². The summed E-state index contributed by atoms with van der Waals surface area (Å²) in [4.78, 5) is 21.2. The molecule has 0 spiro atoms. The van der Waals surface area contributed by atoms with Gasteiger partial charge in [-0.3, -0.25) is 4.79 Å². The first-order chi connectivity index (χ1) is 12.0. The summed E-state index contributed by atoms with van der Waals surface area (Å²) in [5.41, 5.74) is 0. The Labute approximate surface area is 149 Å². The molecule has 2 heterocycles. The van der Waals surface area contributed by atoms with Gasteiger partial charge < -0.3 is 19.7 Å². The summed E-state index contributed by atoms with van der Waals surface area (Å²) in [5, 5.41) is 11.8. The standard InChI is InChI=1S/C17H29N7O/c1-12(2)16(25)23-7-9-24(10-8-23)17(19-14-5-6-14)18-11-15-21-20-13(3)22(15)4/h12,14H,5-11H2,1-4H3,(H,18,19). The van der Waals surface area contributed by atoms with E-state index in [2.05, 4.69) is 20.4 Å². The lowest BCUT2D eigenvalue weighted by atomic mass is 10.1. The molecule has 0 bridgehead atoms. The van der Waals surface area contributed by atoms with Crippen LogP contribution in [0, 0.1) is 12.8 Å². The van der Waals surface area contributed by atoms with Crippen LogP contribution in [-0.4, -0.2) is 68.7 Å². The molecule has 0 atom stereocenters. The number of guanidine groups is 1. The first kappa shape index (κ1) is 17.7. The van der Waals surface area contributed by atoms with Crippen LogP contribution < -0.4 is 5.32 Å². The zero-order valence-corrected chi connectivity index (χ0v) is 15.7. The maximum Gasteiger partial charge on any atom is 0.225 e. The first-order valence-electron chi connectivity index (χ1n) is 9.15. The maximum atomic E-state index is 12.2. The van der Waals surface area contributed by atoms with Gasteiger partial charge in [0.05, 0.1) is 0 Å². The highest BCUT2D eigenvalue weighted by molar-refractivity contribution is 5.82. The van der Waals surface area contributed by atoms with Gasteiger partial charge in [0.15, 0.2) is 11.8 Å². The van der Waals surface area contributed by atoms with E-state index in [-0.39, 0.29) is 11.8 Å². The number of aliphatic imine (C=N–C) groups is 1. The molecule has 0 radical (unpaired) electrons. The fourth-order valence-corrected chi connectivity index (χ4v) is 2.89. The van der Waals surface area contributed by atoms with E-state index in [0.29, 0.717) is 12.6 Å². The van der Waals surface area contributed by atoms with E-state index in [1.54, 1.807) is 0 Å². The second-order valence-corrected chi connectivity index (χ2v) is 7.25. The summed E-state index contributed by atoms with van der Waals surface area (Å²) in [6.07, 6.45) is 2.40. The van der Waals surface area contributed by atoms with Crippen LogP contribution in [0.3, 0.4) is 0 Å². The van der Waals surface area contributed by atoms with E-state index in [9.17, 15) is 4.79 Å². The largest absolute Gasteiger partial charge is 0.353 e. The molecule has 1 aromatic rings. The van der Waals surface area contributed by atoms with Crippen molar-refractivity contribution in [2.75, 3.05) is 26.2 Å². The number of piperazine rings is 1. The van der Waals surface area contributed by atoms with E-state index in [4.69, 9.17) is 4.99 Å². The molecule has 1 aromatic heterocycles. The molecule has 8 nitrogen and oxygen atoms in total. The highest BCUT2D eigenvalue weighted by Crippen LogP contribution is 2.19. The Bertz CT molecular complexity index is 639. The predicted octanol–water partition coefficient (Wildman–Crippen LogP) is 0.532. The van der Waals surface area contributed by atoms with Crippen molar-refractivity contribution in [3.05, 3.63) is 11.6 Å². The smallest absolute Gasteiger partial charge is 0.225 e. The number of hydrogen-bond donors (Lipinski definition) is 1. The Kier molecular flexibility index (Phi) is 5.24. The van der Waals surface area contributed by atoms with Crippen molar-refractivity contribution in [3.63, 3.8) is 0 Å². The third-order valence-electron chi connectivity index (χ3n) is 4.85. The van der Waals surface area contributed by atoms with Crippen molar-refractivity contribution in [2.24, 2.45) is 18.0 Å². The molecule has 1 saturated carbocycles. The molecule has 1 aliphatic carbocycles. The van der Waals surface area contributed by atoms with Crippen LogP contribution in [0.2, 0.25) is 0 Å². The van der Waals surface area contributed by atoms with Gasteiger partial charge >= 0.3 is 0 Å². The molecular weight excluding hydrogens is 318 g/mol. The number of nitrogens with zero attached hydrogens (tertiary/aromatic N) is 6. The molecule has 1 N–H and O–H groups in total. The number of rotatable bonds is 4. The van der Waals surface area contributed by atoms with Gasteiger partial charge in [-0.25, -0.2) is 4.99 Å². The monoisotopic (exact) mass is 347 g/mol. The SMILES string of the molecule is Cc1nnc(CN=C(NC2CC2)N2CCN(C(=O)C(C)C)CC2)n1C. The Morgan fingerprint density at radius 2 is 1.84 bits per heavy atom. The van der Waals surface area contributed by atoms with Gasteiger partial charge in [-0.15, -0.1) is 10.2 Å². The molecule has 138 valence electrons. The van der Waals surface area contributed by atoms with Crippen LogP contribution in [0.25, 0.3) is 0 Å². The lowest BCUT2D eigenvalue weighted by Crippen LogP contribution is -2.54. The highest BCUT2D eigenvalue weighted by atomic mass is 16.2. The number of carbonyl (C=O) groups excluding carboxylic acids is 1. The van der Waals surface area contributed by atoms with Crippen molar-refractivity contribution in [2.45, 2.75) is 46.2 Å². The minimum absolute atomic E-state index is 0.0587. The molecule has 3 rings (SSSR count). The number of carbonyl (C=O) groups is 1.